The van der Waals surface area contributed by atoms with Crippen molar-refractivity contribution in [1.82, 2.24) is 9.88 Å². The van der Waals surface area contributed by atoms with E-state index in [1.54, 1.807) is 30.3 Å². The number of aromatic nitrogens is 1. The lowest BCUT2D eigenvalue weighted by molar-refractivity contribution is -0.111. The highest BCUT2D eigenvalue weighted by Crippen LogP contribution is 2.27. The highest BCUT2D eigenvalue weighted by Gasteiger charge is 2.27. The van der Waals surface area contributed by atoms with Crippen LogP contribution in [0.15, 0.2) is 53.0 Å². The van der Waals surface area contributed by atoms with Crippen LogP contribution in [0.3, 0.4) is 0 Å². The number of hydrogen-bond acceptors (Lipinski definition) is 5. The quantitative estimate of drug-likeness (QED) is 0.668. The molecule has 3 aromatic rings. The molecule has 6 nitrogen and oxygen atoms in total. The molecule has 7 heteroatoms. The molecule has 1 saturated heterocycles. The molecule has 0 saturated carbocycles. The van der Waals surface area contributed by atoms with Crippen molar-refractivity contribution >= 4 is 34.8 Å². The van der Waals surface area contributed by atoms with E-state index in [1.165, 1.54) is 18.2 Å². The van der Waals surface area contributed by atoms with Gasteiger partial charge in [0.2, 0.25) is 5.91 Å². The first kappa shape index (κ1) is 19.1. The molecule has 1 aromatic heterocycles. The van der Waals surface area contributed by atoms with Gasteiger partial charge in [-0.1, -0.05) is 12.1 Å². The Bertz CT molecular complexity index is 1040. The number of halogens is 1. The minimum Gasteiger partial charge on any atom is -0.423 e. The molecule has 1 N–H and O–H groups in total. The Hall–Kier alpha value is -3.19. The molecule has 150 valence electrons. The van der Waals surface area contributed by atoms with Crippen LogP contribution < -0.4 is 10.2 Å². The van der Waals surface area contributed by atoms with Crippen LogP contribution in [0.5, 0.6) is 0 Å². The standard InChI is InChI=1S/C22H23FN4O2/c1-26(2)18-11-12-27(14-18)22-25-19-13-17(8-9-20(19)29-22)24-21(28)10-5-15-3-6-16(23)7-4-15/h3-10,13,18H,11-12,14H2,1-2H3,(H,24,28). The van der Waals surface area contributed by atoms with Gasteiger partial charge in [-0.05, 0) is 62.5 Å². The molecule has 2 aromatic carbocycles. The summed E-state index contributed by atoms with van der Waals surface area (Å²) in [5, 5.41) is 2.81. The van der Waals surface area contributed by atoms with Crippen molar-refractivity contribution in [2.75, 3.05) is 37.4 Å². The average molecular weight is 394 g/mol. The van der Waals surface area contributed by atoms with Gasteiger partial charge < -0.3 is 19.5 Å². The number of rotatable bonds is 5. The SMILES string of the molecule is CN(C)C1CCN(c2nc3cc(NC(=O)C=Cc4ccc(F)cc4)ccc3o2)C1. The van der Waals surface area contributed by atoms with Crippen LogP contribution >= 0.6 is 0 Å². The van der Waals surface area contributed by atoms with E-state index >= 15 is 0 Å². The summed E-state index contributed by atoms with van der Waals surface area (Å²) in [4.78, 5) is 21.1. The van der Waals surface area contributed by atoms with Crippen LogP contribution in [-0.2, 0) is 4.79 Å². The lowest BCUT2D eigenvalue weighted by atomic mass is 10.2. The number of carbonyl (C=O) groups excluding carboxylic acids is 1. The molecule has 1 amide bonds. The normalized spacial score (nSPS) is 17.0. The smallest absolute Gasteiger partial charge is 0.298 e. The van der Waals surface area contributed by atoms with Crippen LogP contribution in [0.4, 0.5) is 16.1 Å². The molecular weight excluding hydrogens is 371 g/mol. The predicted octanol–water partition coefficient (Wildman–Crippen LogP) is 3.76. The summed E-state index contributed by atoms with van der Waals surface area (Å²) in [5.74, 6) is -0.580. The second-order valence-electron chi connectivity index (χ2n) is 7.41. The first-order valence-corrected chi connectivity index (χ1v) is 9.54. The van der Waals surface area contributed by atoms with Crippen LogP contribution in [-0.4, -0.2) is 49.0 Å². The van der Waals surface area contributed by atoms with Gasteiger partial charge in [0.25, 0.3) is 6.01 Å². The van der Waals surface area contributed by atoms with Gasteiger partial charge in [0, 0.05) is 30.9 Å². The minimum absolute atomic E-state index is 0.272. The second kappa shape index (κ2) is 8.05. The van der Waals surface area contributed by atoms with Crippen LogP contribution in [0.2, 0.25) is 0 Å². The number of likely N-dealkylation sites (N-methyl/N-ethyl adjacent to an activating group) is 1. The highest BCUT2D eigenvalue weighted by atomic mass is 19.1. The number of carbonyl (C=O) groups is 1. The Morgan fingerprint density at radius 2 is 2.07 bits per heavy atom. The maximum absolute atomic E-state index is 12.9. The molecule has 0 spiro atoms. The third-order valence-electron chi connectivity index (χ3n) is 5.11. The van der Waals surface area contributed by atoms with Crippen molar-refractivity contribution in [2.24, 2.45) is 0 Å². The first-order valence-electron chi connectivity index (χ1n) is 9.54. The van der Waals surface area contributed by atoms with Crippen molar-refractivity contribution in [1.29, 1.82) is 0 Å². The number of anilines is 2. The largest absolute Gasteiger partial charge is 0.423 e. The molecule has 1 aliphatic rings. The molecule has 1 atom stereocenters. The Morgan fingerprint density at radius 3 is 2.79 bits per heavy atom. The van der Waals surface area contributed by atoms with Crippen molar-refractivity contribution in [3.05, 3.63) is 59.9 Å². The van der Waals surface area contributed by atoms with Gasteiger partial charge in [0.1, 0.15) is 11.3 Å². The molecule has 1 fully saturated rings. The van der Waals surface area contributed by atoms with Gasteiger partial charge in [0.15, 0.2) is 5.58 Å². The lowest BCUT2D eigenvalue weighted by Gasteiger charge is -2.19. The number of nitrogens with zero attached hydrogens (tertiary/aromatic N) is 3. The topological polar surface area (TPSA) is 61.6 Å². The molecule has 4 rings (SSSR count). The lowest BCUT2D eigenvalue weighted by Crippen LogP contribution is -2.31. The molecule has 29 heavy (non-hydrogen) atoms. The van der Waals surface area contributed by atoms with E-state index in [0.717, 1.165) is 25.1 Å². The Balaban J connectivity index is 1.43. The van der Waals surface area contributed by atoms with E-state index in [2.05, 4.69) is 34.2 Å². The predicted molar refractivity (Wildman–Crippen MR) is 112 cm³/mol. The first-order chi connectivity index (χ1) is 14.0. The number of amides is 1. The van der Waals surface area contributed by atoms with Crippen molar-refractivity contribution in [2.45, 2.75) is 12.5 Å². The molecular formula is C22H23FN4O2. The van der Waals surface area contributed by atoms with Crippen molar-refractivity contribution < 1.29 is 13.6 Å². The maximum atomic E-state index is 12.9. The number of benzene rings is 2. The van der Waals surface area contributed by atoms with Gasteiger partial charge >= 0.3 is 0 Å². The van der Waals surface area contributed by atoms with Crippen molar-refractivity contribution in [3.8, 4) is 0 Å². The molecule has 0 radical (unpaired) electrons. The average Bonchev–Trinajstić information content (AvgIpc) is 3.34. The monoisotopic (exact) mass is 394 g/mol. The third kappa shape index (κ3) is 4.46. The number of hydrogen-bond donors (Lipinski definition) is 1. The van der Waals surface area contributed by atoms with Crippen LogP contribution in [0, 0.1) is 5.82 Å². The summed E-state index contributed by atoms with van der Waals surface area (Å²) in [5.41, 5.74) is 2.78. The fraction of sp³-hybridized carbons (Fsp3) is 0.273. The van der Waals surface area contributed by atoms with Crippen LogP contribution in [0.1, 0.15) is 12.0 Å². The summed E-state index contributed by atoms with van der Waals surface area (Å²) in [7, 11) is 4.17. The summed E-state index contributed by atoms with van der Waals surface area (Å²) >= 11 is 0. The van der Waals surface area contributed by atoms with Gasteiger partial charge in [-0.3, -0.25) is 4.79 Å². The van der Waals surface area contributed by atoms with Gasteiger partial charge in [0.05, 0.1) is 0 Å². The zero-order valence-electron chi connectivity index (χ0n) is 16.4. The maximum Gasteiger partial charge on any atom is 0.298 e. The van der Waals surface area contributed by atoms with Gasteiger partial charge in [-0.25, -0.2) is 4.39 Å². The van der Waals surface area contributed by atoms with E-state index in [0.29, 0.717) is 28.8 Å². The summed E-state index contributed by atoms with van der Waals surface area (Å²) in [6.45, 7) is 1.80. The number of fused-ring (bicyclic) bond motifs is 1. The summed E-state index contributed by atoms with van der Waals surface area (Å²) in [6, 6.07) is 12.4. The minimum atomic E-state index is -0.307. The van der Waals surface area contributed by atoms with Gasteiger partial charge in [-0.15, -0.1) is 0 Å². The molecule has 1 aliphatic heterocycles. The number of oxazole rings is 1. The van der Waals surface area contributed by atoms with E-state index in [4.69, 9.17) is 4.42 Å². The van der Waals surface area contributed by atoms with E-state index in [-0.39, 0.29) is 11.7 Å². The number of nitrogens with one attached hydrogen (secondary N) is 1. The van der Waals surface area contributed by atoms with E-state index in [9.17, 15) is 9.18 Å². The fourth-order valence-corrected chi connectivity index (χ4v) is 3.40. The van der Waals surface area contributed by atoms with E-state index in [1.807, 2.05) is 6.07 Å². The zero-order chi connectivity index (χ0) is 20.4. The Morgan fingerprint density at radius 1 is 1.28 bits per heavy atom. The Labute approximate surface area is 168 Å². The fourth-order valence-electron chi connectivity index (χ4n) is 3.40. The molecule has 0 aliphatic carbocycles. The zero-order valence-corrected chi connectivity index (χ0v) is 16.4. The highest BCUT2D eigenvalue weighted by molar-refractivity contribution is 6.02. The third-order valence-corrected chi connectivity index (χ3v) is 5.11. The second-order valence-corrected chi connectivity index (χ2v) is 7.41. The summed E-state index contributed by atoms with van der Waals surface area (Å²) in [6.07, 6.45) is 4.13. The summed E-state index contributed by atoms with van der Waals surface area (Å²) < 4.78 is 18.8. The van der Waals surface area contributed by atoms with Gasteiger partial charge in [-0.2, -0.15) is 4.98 Å². The van der Waals surface area contributed by atoms with Crippen LogP contribution in [0.25, 0.3) is 17.2 Å². The molecule has 0 bridgehead atoms. The van der Waals surface area contributed by atoms with E-state index < -0.39 is 0 Å². The molecule has 1 unspecified atom stereocenters. The van der Waals surface area contributed by atoms with Crippen molar-refractivity contribution in [3.63, 3.8) is 0 Å². The molecule has 2 heterocycles. The Kier molecular flexibility index (Phi) is 5.31.